The summed E-state index contributed by atoms with van der Waals surface area (Å²) < 4.78 is 0. The summed E-state index contributed by atoms with van der Waals surface area (Å²) in [4.78, 5) is 113. The van der Waals surface area contributed by atoms with Crippen molar-refractivity contribution in [3.8, 4) is 0 Å². The van der Waals surface area contributed by atoms with Crippen LogP contribution < -0.4 is 31.9 Å². The molecule has 18 heteroatoms. The van der Waals surface area contributed by atoms with Gasteiger partial charge in [-0.25, -0.2) is 4.79 Å². The molecule has 0 aliphatic heterocycles. The predicted molar refractivity (Wildman–Crippen MR) is 195 cm³/mol. The van der Waals surface area contributed by atoms with Gasteiger partial charge in [0.2, 0.25) is 35.4 Å². The van der Waals surface area contributed by atoms with Crippen molar-refractivity contribution >= 4 is 53.4 Å². The van der Waals surface area contributed by atoms with Gasteiger partial charge in [-0.15, -0.1) is 0 Å². The maximum atomic E-state index is 13.5. The molecule has 0 unspecified atom stereocenters. The molecule has 2 rings (SSSR count). The van der Waals surface area contributed by atoms with Gasteiger partial charge in [0.25, 0.3) is 0 Å². The molecule has 0 heterocycles. The normalized spacial score (nSPS) is 14.1. The second-order valence-electron chi connectivity index (χ2n) is 13.3. The fraction of sp³-hybridized carbons (Fsp3) is 0.432. The zero-order chi connectivity index (χ0) is 41.2. The SMILES string of the molecule is CC(=O)N[C@@H](Cc1ccccc1)C(=O)N[C@@H](CC(C)C)C(=O)N[C@@H](CC(=O)O)C(=O)N[C@@H](C)C(=O)N[C@@H](CC(=O)O)C(=O)N[C@@H](Cc1ccccc1)C(=O)O. The average molecular weight is 769 g/mol. The van der Waals surface area contributed by atoms with Crippen molar-refractivity contribution in [3.63, 3.8) is 0 Å². The number of hydrogen-bond acceptors (Lipinski definition) is 9. The first-order chi connectivity index (χ1) is 25.9. The van der Waals surface area contributed by atoms with E-state index in [-0.39, 0.29) is 25.2 Å². The Hall–Kier alpha value is -6.33. The molecule has 2 aromatic rings. The number of carboxylic acid groups (broad SMARTS) is 3. The Labute approximate surface area is 317 Å². The molecular formula is C37H48N6O12. The zero-order valence-electron chi connectivity index (χ0n) is 30.9. The summed E-state index contributed by atoms with van der Waals surface area (Å²) in [5, 5.41) is 42.6. The lowest BCUT2D eigenvalue weighted by molar-refractivity contribution is -0.143. The van der Waals surface area contributed by atoms with E-state index in [2.05, 4.69) is 31.9 Å². The van der Waals surface area contributed by atoms with Gasteiger partial charge in [0.05, 0.1) is 12.8 Å². The van der Waals surface area contributed by atoms with Crippen molar-refractivity contribution in [1.29, 1.82) is 0 Å². The Morgan fingerprint density at radius 3 is 1.31 bits per heavy atom. The number of carboxylic acids is 3. The van der Waals surface area contributed by atoms with Crippen molar-refractivity contribution in [1.82, 2.24) is 31.9 Å². The summed E-state index contributed by atoms with van der Waals surface area (Å²) in [6.07, 6.45) is -1.90. The minimum absolute atomic E-state index is 0.0526. The molecule has 0 saturated heterocycles. The van der Waals surface area contributed by atoms with Crippen molar-refractivity contribution in [2.24, 2.45) is 5.92 Å². The molecule has 9 N–H and O–H groups in total. The van der Waals surface area contributed by atoms with Crippen LogP contribution in [0.1, 0.15) is 58.1 Å². The van der Waals surface area contributed by atoms with Gasteiger partial charge in [0, 0.05) is 19.8 Å². The van der Waals surface area contributed by atoms with E-state index in [1.165, 1.54) is 6.92 Å². The van der Waals surface area contributed by atoms with Crippen LogP contribution in [-0.2, 0) is 56.0 Å². The van der Waals surface area contributed by atoms with E-state index in [1.807, 2.05) is 0 Å². The van der Waals surface area contributed by atoms with Gasteiger partial charge in [0.1, 0.15) is 36.3 Å². The van der Waals surface area contributed by atoms with E-state index >= 15 is 0 Å². The van der Waals surface area contributed by atoms with Gasteiger partial charge in [0.15, 0.2) is 0 Å². The Morgan fingerprint density at radius 2 is 0.873 bits per heavy atom. The Bertz CT molecular complexity index is 1690. The third-order valence-corrected chi connectivity index (χ3v) is 7.99. The second-order valence-corrected chi connectivity index (χ2v) is 13.3. The van der Waals surface area contributed by atoms with Crippen LogP contribution in [0.25, 0.3) is 0 Å². The second kappa shape index (κ2) is 22.0. The number of rotatable bonds is 22. The first kappa shape index (κ1) is 44.8. The van der Waals surface area contributed by atoms with E-state index in [0.717, 1.165) is 12.5 Å². The molecular weight excluding hydrogens is 720 g/mol. The lowest BCUT2D eigenvalue weighted by atomic mass is 10.0. The van der Waals surface area contributed by atoms with Crippen molar-refractivity contribution in [3.05, 3.63) is 71.8 Å². The number of aliphatic carboxylic acids is 3. The van der Waals surface area contributed by atoms with Crippen molar-refractivity contribution in [2.45, 2.75) is 96.1 Å². The van der Waals surface area contributed by atoms with E-state index in [0.29, 0.717) is 5.56 Å². The molecule has 6 amide bonds. The number of carbonyl (C=O) groups is 9. The largest absolute Gasteiger partial charge is 0.481 e. The fourth-order valence-electron chi connectivity index (χ4n) is 5.32. The molecule has 6 atom stereocenters. The van der Waals surface area contributed by atoms with Crippen LogP contribution >= 0.6 is 0 Å². The van der Waals surface area contributed by atoms with Crippen LogP contribution in [0.3, 0.4) is 0 Å². The summed E-state index contributed by atoms with van der Waals surface area (Å²) in [7, 11) is 0. The zero-order valence-corrected chi connectivity index (χ0v) is 30.9. The number of nitrogens with one attached hydrogen (secondary N) is 6. The fourth-order valence-corrected chi connectivity index (χ4v) is 5.32. The van der Waals surface area contributed by atoms with Crippen LogP contribution in [0, 0.1) is 5.92 Å². The summed E-state index contributed by atoms with van der Waals surface area (Å²) in [6.45, 7) is 5.89. The van der Waals surface area contributed by atoms with E-state index in [1.54, 1.807) is 74.5 Å². The molecule has 2 aromatic carbocycles. The minimum Gasteiger partial charge on any atom is -0.481 e. The average Bonchev–Trinajstić information content (AvgIpc) is 3.10. The predicted octanol–water partition coefficient (Wildman–Crippen LogP) is -0.499. The molecule has 0 aliphatic carbocycles. The number of carbonyl (C=O) groups excluding carboxylic acids is 6. The molecule has 298 valence electrons. The van der Waals surface area contributed by atoms with E-state index in [9.17, 15) is 58.5 Å². The highest BCUT2D eigenvalue weighted by atomic mass is 16.4. The Kier molecular flexibility index (Phi) is 17.9. The van der Waals surface area contributed by atoms with Crippen LogP contribution in [-0.4, -0.2) is 105 Å². The van der Waals surface area contributed by atoms with Crippen LogP contribution in [0.2, 0.25) is 0 Å². The third kappa shape index (κ3) is 16.5. The van der Waals surface area contributed by atoms with Crippen molar-refractivity contribution in [2.75, 3.05) is 0 Å². The molecule has 0 saturated carbocycles. The van der Waals surface area contributed by atoms with Gasteiger partial charge in [-0.2, -0.15) is 0 Å². The Balaban J connectivity index is 2.18. The number of amides is 6. The van der Waals surface area contributed by atoms with Gasteiger partial charge < -0.3 is 47.2 Å². The Morgan fingerprint density at radius 1 is 0.491 bits per heavy atom. The van der Waals surface area contributed by atoms with Crippen LogP contribution in [0.4, 0.5) is 0 Å². The molecule has 0 radical (unpaired) electrons. The highest BCUT2D eigenvalue weighted by molar-refractivity contribution is 5.98. The third-order valence-electron chi connectivity index (χ3n) is 7.99. The van der Waals surface area contributed by atoms with Gasteiger partial charge >= 0.3 is 17.9 Å². The number of benzene rings is 2. The highest BCUT2D eigenvalue weighted by Crippen LogP contribution is 2.10. The van der Waals surface area contributed by atoms with Gasteiger partial charge in [-0.05, 0) is 30.4 Å². The molecule has 0 aliphatic rings. The molecule has 0 aromatic heterocycles. The maximum absolute atomic E-state index is 13.5. The summed E-state index contributed by atoms with van der Waals surface area (Å²) in [5.41, 5.74) is 1.28. The first-order valence-corrected chi connectivity index (χ1v) is 17.4. The molecule has 18 nitrogen and oxygen atoms in total. The summed E-state index contributed by atoms with van der Waals surface area (Å²) in [6, 6.07) is 8.14. The quantitative estimate of drug-likeness (QED) is 0.0733. The molecule has 55 heavy (non-hydrogen) atoms. The lowest BCUT2D eigenvalue weighted by Crippen LogP contribution is -2.59. The minimum atomic E-state index is -1.78. The topological polar surface area (TPSA) is 286 Å². The van der Waals surface area contributed by atoms with Gasteiger partial charge in [-0.3, -0.25) is 38.4 Å². The van der Waals surface area contributed by atoms with Crippen molar-refractivity contribution < 1.29 is 58.5 Å². The van der Waals surface area contributed by atoms with Gasteiger partial charge in [-0.1, -0.05) is 74.5 Å². The maximum Gasteiger partial charge on any atom is 0.326 e. The van der Waals surface area contributed by atoms with Crippen LogP contribution in [0.5, 0.6) is 0 Å². The summed E-state index contributed by atoms with van der Waals surface area (Å²) in [5.74, 6) is -10.1. The molecule has 0 fully saturated rings. The highest BCUT2D eigenvalue weighted by Gasteiger charge is 2.34. The van der Waals surface area contributed by atoms with E-state index < -0.39 is 102 Å². The number of hydrogen-bond donors (Lipinski definition) is 9. The summed E-state index contributed by atoms with van der Waals surface area (Å²) >= 11 is 0. The first-order valence-electron chi connectivity index (χ1n) is 17.4. The molecule has 0 bridgehead atoms. The monoisotopic (exact) mass is 768 g/mol. The lowest BCUT2D eigenvalue weighted by Gasteiger charge is -2.26. The standard InChI is InChI=1S/C37H48N6O12/c1-20(2)15-25(41-35(52)26(39-22(4)44)16-23-11-7-5-8-12-23)34(51)42-27(18-30(45)46)33(50)38-21(3)32(49)40-28(19-31(47)48)36(53)43-29(37(54)55)17-24-13-9-6-10-14-24/h5-14,20-21,25-29H,15-19H2,1-4H3,(H,38,50)(H,39,44)(H,40,49)(H,41,52)(H,42,51)(H,43,53)(H,45,46)(H,47,48)(H,54,55)/t21-,25-,26-,27-,28-,29-/m0/s1. The molecule has 0 spiro atoms. The smallest absolute Gasteiger partial charge is 0.326 e. The van der Waals surface area contributed by atoms with Crippen LogP contribution in [0.15, 0.2) is 60.7 Å². The van der Waals surface area contributed by atoms with E-state index in [4.69, 9.17) is 0 Å².